The Bertz CT molecular complexity index is 328. The molecule has 0 unspecified atom stereocenters. The van der Waals surface area contributed by atoms with Crippen LogP contribution in [0.25, 0.3) is 0 Å². The van der Waals surface area contributed by atoms with Gasteiger partial charge < -0.3 is 15.5 Å². The van der Waals surface area contributed by atoms with Gasteiger partial charge in [-0.2, -0.15) is 0 Å². The number of carbonyl (C=O) groups excluding carboxylic acids is 1. The molecule has 94 valence electrons. The molecule has 0 aliphatic carbocycles. The third-order valence-corrected chi connectivity index (χ3v) is 3.15. The largest absolute Gasteiger partial charge is 0.394 e. The molecule has 1 aromatic rings. The summed E-state index contributed by atoms with van der Waals surface area (Å²) in [7, 11) is 0. The zero-order valence-electron chi connectivity index (χ0n) is 9.50. The Morgan fingerprint density at radius 1 is 1.24 bits per heavy atom. The molecule has 1 rings (SSSR count). The number of hydrogen-bond donors (Lipinski definition) is 3. The summed E-state index contributed by atoms with van der Waals surface area (Å²) >= 11 is 1.50. The van der Waals surface area contributed by atoms with Gasteiger partial charge in [-0.05, 0) is 5.56 Å². The van der Waals surface area contributed by atoms with Crippen LogP contribution < -0.4 is 5.32 Å². The molecule has 5 heteroatoms. The standard InChI is InChI=1S/C12H17NO3S/c14-6-11(7-15)13-12(16)9-17-8-10-4-2-1-3-5-10/h1-5,11,14-15H,6-9H2,(H,13,16). The highest BCUT2D eigenvalue weighted by molar-refractivity contribution is 7.99. The van der Waals surface area contributed by atoms with Gasteiger partial charge in [0.1, 0.15) is 0 Å². The lowest BCUT2D eigenvalue weighted by Gasteiger charge is -2.12. The molecule has 0 saturated carbocycles. The molecule has 1 amide bonds. The highest BCUT2D eigenvalue weighted by Gasteiger charge is 2.09. The van der Waals surface area contributed by atoms with Crippen LogP contribution in [0.5, 0.6) is 0 Å². The van der Waals surface area contributed by atoms with Crippen molar-refractivity contribution in [3.63, 3.8) is 0 Å². The summed E-state index contributed by atoms with van der Waals surface area (Å²) in [6.07, 6.45) is 0. The van der Waals surface area contributed by atoms with Crippen LogP contribution >= 0.6 is 11.8 Å². The lowest BCUT2D eigenvalue weighted by Crippen LogP contribution is -2.41. The summed E-state index contributed by atoms with van der Waals surface area (Å²) in [6.45, 7) is -0.489. The molecule has 0 atom stereocenters. The molecule has 4 nitrogen and oxygen atoms in total. The molecule has 0 bridgehead atoms. The normalized spacial score (nSPS) is 10.5. The molecule has 0 saturated heterocycles. The number of amides is 1. The predicted octanol–water partition coefficient (Wildman–Crippen LogP) is 0.389. The minimum atomic E-state index is -0.556. The van der Waals surface area contributed by atoms with Gasteiger partial charge in [0.2, 0.25) is 5.91 Å². The Morgan fingerprint density at radius 3 is 2.47 bits per heavy atom. The maximum Gasteiger partial charge on any atom is 0.230 e. The minimum absolute atomic E-state index is 0.168. The predicted molar refractivity (Wildman–Crippen MR) is 68.7 cm³/mol. The fourth-order valence-electron chi connectivity index (χ4n) is 1.25. The first kappa shape index (κ1) is 14.0. The summed E-state index contributed by atoms with van der Waals surface area (Å²) in [4.78, 5) is 11.4. The highest BCUT2D eigenvalue weighted by Crippen LogP contribution is 2.10. The van der Waals surface area contributed by atoms with Crippen molar-refractivity contribution in [1.29, 1.82) is 0 Å². The summed E-state index contributed by atoms with van der Waals surface area (Å²) in [5, 5.41) is 20.1. The van der Waals surface area contributed by atoms with Crippen molar-refractivity contribution in [2.75, 3.05) is 19.0 Å². The Kier molecular flexibility index (Phi) is 6.69. The average molecular weight is 255 g/mol. The summed E-state index contributed by atoms with van der Waals surface area (Å²) in [5.74, 6) is 0.932. The first-order chi connectivity index (χ1) is 8.26. The maximum atomic E-state index is 11.4. The topological polar surface area (TPSA) is 69.6 Å². The van der Waals surface area contributed by atoms with Crippen molar-refractivity contribution in [1.82, 2.24) is 5.32 Å². The number of nitrogens with one attached hydrogen (secondary N) is 1. The second kappa shape index (κ2) is 8.11. The fraction of sp³-hybridized carbons (Fsp3) is 0.417. The minimum Gasteiger partial charge on any atom is -0.394 e. The molecule has 1 aromatic carbocycles. The van der Waals surface area contributed by atoms with Gasteiger partial charge in [-0.15, -0.1) is 11.8 Å². The van der Waals surface area contributed by atoms with E-state index in [1.54, 1.807) is 0 Å². The molecule has 0 aliphatic heterocycles. The van der Waals surface area contributed by atoms with E-state index in [0.29, 0.717) is 5.75 Å². The van der Waals surface area contributed by atoms with Crippen LogP contribution in [0.3, 0.4) is 0 Å². The Balaban J connectivity index is 2.20. The van der Waals surface area contributed by atoms with Gasteiger partial charge in [0, 0.05) is 5.75 Å². The van der Waals surface area contributed by atoms with E-state index in [9.17, 15) is 4.79 Å². The van der Waals surface area contributed by atoms with E-state index >= 15 is 0 Å². The van der Waals surface area contributed by atoms with Crippen LogP contribution in [0.2, 0.25) is 0 Å². The van der Waals surface area contributed by atoms with Gasteiger partial charge in [-0.25, -0.2) is 0 Å². The van der Waals surface area contributed by atoms with E-state index in [4.69, 9.17) is 10.2 Å². The van der Waals surface area contributed by atoms with Crippen molar-refractivity contribution < 1.29 is 15.0 Å². The molecular formula is C12H17NO3S. The Labute approximate surface area is 105 Å². The van der Waals surface area contributed by atoms with Gasteiger partial charge >= 0.3 is 0 Å². The van der Waals surface area contributed by atoms with Gasteiger partial charge in [-0.3, -0.25) is 4.79 Å². The zero-order valence-corrected chi connectivity index (χ0v) is 10.3. The number of carbonyl (C=O) groups is 1. The van der Waals surface area contributed by atoms with E-state index < -0.39 is 6.04 Å². The summed E-state index contributed by atoms with van der Waals surface area (Å²) in [5.41, 5.74) is 1.17. The van der Waals surface area contributed by atoms with E-state index in [2.05, 4.69) is 5.32 Å². The smallest absolute Gasteiger partial charge is 0.230 e. The van der Waals surface area contributed by atoms with Gasteiger partial charge in [0.05, 0.1) is 25.0 Å². The number of thioether (sulfide) groups is 1. The first-order valence-electron chi connectivity index (χ1n) is 5.39. The van der Waals surface area contributed by atoms with E-state index in [0.717, 1.165) is 5.75 Å². The van der Waals surface area contributed by atoms with Crippen molar-refractivity contribution >= 4 is 17.7 Å². The van der Waals surface area contributed by atoms with Crippen molar-refractivity contribution in [3.05, 3.63) is 35.9 Å². The molecule has 3 N–H and O–H groups in total. The quantitative estimate of drug-likeness (QED) is 0.659. The monoisotopic (exact) mass is 255 g/mol. The molecule has 17 heavy (non-hydrogen) atoms. The van der Waals surface area contributed by atoms with Crippen LogP contribution in [0.4, 0.5) is 0 Å². The van der Waals surface area contributed by atoms with Crippen LogP contribution in [-0.4, -0.2) is 41.1 Å². The number of hydrogen-bond acceptors (Lipinski definition) is 4. The van der Waals surface area contributed by atoms with Gasteiger partial charge in [0.25, 0.3) is 0 Å². The number of aliphatic hydroxyl groups excluding tert-OH is 2. The molecule has 0 aliphatic rings. The van der Waals surface area contributed by atoms with Crippen LogP contribution in [0.1, 0.15) is 5.56 Å². The first-order valence-corrected chi connectivity index (χ1v) is 6.54. The number of rotatable bonds is 7. The third kappa shape index (κ3) is 5.72. The molecule has 0 aromatic heterocycles. The number of aliphatic hydroxyl groups is 2. The Hall–Kier alpha value is -1.04. The molecule has 0 fully saturated rings. The SMILES string of the molecule is O=C(CSCc1ccccc1)NC(CO)CO. The van der Waals surface area contributed by atoms with Crippen LogP contribution in [-0.2, 0) is 10.5 Å². The summed E-state index contributed by atoms with van der Waals surface area (Å²) in [6, 6.07) is 9.34. The lowest BCUT2D eigenvalue weighted by atomic mass is 10.2. The van der Waals surface area contributed by atoms with Crippen LogP contribution in [0, 0.1) is 0 Å². The van der Waals surface area contributed by atoms with Crippen molar-refractivity contribution in [2.24, 2.45) is 0 Å². The van der Waals surface area contributed by atoms with E-state index in [1.165, 1.54) is 17.3 Å². The lowest BCUT2D eigenvalue weighted by molar-refractivity contribution is -0.119. The second-order valence-corrected chi connectivity index (χ2v) is 4.59. The molecule has 0 heterocycles. The number of benzene rings is 1. The van der Waals surface area contributed by atoms with Crippen molar-refractivity contribution in [2.45, 2.75) is 11.8 Å². The highest BCUT2D eigenvalue weighted by atomic mass is 32.2. The van der Waals surface area contributed by atoms with Crippen molar-refractivity contribution in [3.8, 4) is 0 Å². The average Bonchev–Trinajstić information content (AvgIpc) is 2.37. The summed E-state index contributed by atoms with van der Waals surface area (Å²) < 4.78 is 0. The molecular weight excluding hydrogens is 238 g/mol. The third-order valence-electron chi connectivity index (χ3n) is 2.15. The zero-order chi connectivity index (χ0) is 12.5. The Morgan fingerprint density at radius 2 is 1.88 bits per heavy atom. The van der Waals surface area contributed by atoms with Crippen LogP contribution in [0.15, 0.2) is 30.3 Å². The van der Waals surface area contributed by atoms with Gasteiger partial charge in [0.15, 0.2) is 0 Å². The fourth-order valence-corrected chi connectivity index (χ4v) is 2.05. The van der Waals surface area contributed by atoms with E-state index in [-0.39, 0.29) is 19.1 Å². The molecule has 0 spiro atoms. The van der Waals surface area contributed by atoms with E-state index in [1.807, 2.05) is 30.3 Å². The molecule has 0 radical (unpaired) electrons. The second-order valence-electron chi connectivity index (χ2n) is 3.61. The van der Waals surface area contributed by atoms with Gasteiger partial charge in [-0.1, -0.05) is 30.3 Å². The maximum absolute atomic E-state index is 11.4.